The number of nitrogens with one attached hydrogen (secondary N) is 1. The van der Waals surface area contributed by atoms with Gasteiger partial charge in [0, 0.05) is 11.6 Å². The van der Waals surface area contributed by atoms with E-state index in [9.17, 15) is 13.6 Å². The number of amides is 1. The molecule has 2 aromatic carbocycles. The minimum Gasteiger partial charge on any atom is -0.497 e. The van der Waals surface area contributed by atoms with Gasteiger partial charge >= 0.3 is 0 Å². The number of rotatable bonds is 8. The first-order valence-corrected chi connectivity index (χ1v) is 12.1. The summed E-state index contributed by atoms with van der Waals surface area (Å²) in [7, 11) is 4.63. The third kappa shape index (κ3) is 4.81. The van der Waals surface area contributed by atoms with E-state index in [0.717, 1.165) is 5.56 Å². The number of carbonyl (C=O) groups excluding carboxylic acids is 1. The van der Waals surface area contributed by atoms with Gasteiger partial charge in [-0.3, -0.25) is 4.79 Å². The maximum absolute atomic E-state index is 14.8. The molecule has 0 saturated heterocycles. The zero-order chi connectivity index (χ0) is 27.7. The lowest BCUT2D eigenvalue weighted by Gasteiger charge is -2.23. The second-order valence-corrected chi connectivity index (χ2v) is 8.91. The van der Waals surface area contributed by atoms with E-state index in [1.54, 1.807) is 43.4 Å². The lowest BCUT2D eigenvalue weighted by molar-refractivity contribution is 0.0721. The summed E-state index contributed by atoms with van der Waals surface area (Å²) >= 11 is 0. The number of carbonyl (C=O) groups is 1. The molecule has 5 rings (SSSR count). The van der Waals surface area contributed by atoms with Gasteiger partial charge in [-0.15, -0.1) is 0 Å². The summed E-state index contributed by atoms with van der Waals surface area (Å²) in [6.45, 7) is 2.04. The molecule has 0 spiro atoms. The van der Waals surface area contributed by atoms with E-state index in [-0.39, 0.29) is 23.7 Å². The van der Waals surface area contributed by atoms with Crippen molar-refractivity contribution in [2.45, 2.75) is 19.5 Å². The van der Waals surface area contributed by atoms with Crippen molar-refractivity contribution < 1.29 is 27.8 Å². The first-order valence-electron chi connectivity index (χ1n) is 12.1. The van der Waals surface area contributed by atoms with Crippen LogP contribution in [-0.2, 0) is 6.54 Å². The third-order valence-electron chi connectivity index (χ3n) is 6.67. The van der Waals surface area contributed by atoms with Crippen molar-refractivity contribution in [2.24, 2.45) is 0 Å². The van der Waals surface area contributed by atoms with Crippen molar-refractivity contribution >= 4 is 17.4 Å². The van der Waals surface area contributed by atoms with E-state index in [4.69, 9.17) is 14.2 Å². The van der Waals surface area contributed by atoms with Gasteiger partial charge in [0.05, 0.1) is 68.3 Å². The number of pyridine rings is 2. The number of ether oxygens (including phenoxy) is 3. The first kappa shape index (κ1) is 25.9. The fourth-order valence-electron chi connectivity index (χ4n) is 4.62. The van der Waals surface area contributed by atoms with Crippen molar-refractivity contribution in [1.29, 1.82) is 0 Å². The van der Waals surface area contributed by atoms with Crippen molar-refractivity contribution in [3.63, 3.8) is 0 Å². The Kier molecular flexibility index (Phi) is 7.02. The van der Waals surface area contributed by atoms with Gasteiger partial charge in [-0.2, -0.15) is 0 Å². The summed E-state index contributed by atoms with van der Waals surface area (Å²) in [6.07, 6.45) is 1.52. The number of methoxy groups -OCH3 is 3. The molecule has 4 aromatic rings. The second-order valence-electron chi connectivity index (χ2n) is 8.91. The lowest BCUT2D eigenvalue weighted by Crippen LogP contribution is -2.26. The third-order valence-corrected chi connectivity index (χ3v) is 6.67. The van der Waals surface area contributed by atoms with Gasteiger partial charge in [0.25, 0.3) is 5.91 Å². The fraction of sp³-hybridized carbons (Fsp3) is 0.207. The molecule has 0 fully saturated rings. The molecule has 1 N–H and O–H groups in total. The highest BCUT2D eigenvalue weighted by Crippen LogP contribution is 2.41. The summed E-state index contributed by atoms with van der Waals surface area (Å²) in [5, 5.41) is 3.14. The van der Waals surface area contributed by atoms with E-state index < -0.39 is 17.7 Å². The number of benzene rings is 2. The number of hydrogen-bond acceptors (Lipinski definition) is 7. The van der Waals surface area contributed by atoms with Gasteiger partial charge in [0.2, 0.25) is 0 Å². The van der Waals surface area contributed by atoms with Crippen LogP contribution in [0.15, 0.2) is 60.8 Å². The Bertz CT molecular complexity index is 1530. The van der Waals surface area contributed by atoms with Crippen LogP contribution in [0.2, 0.25) is 0 Å². The molecule has 3 heterocycles. The molecule has 2 aromatic heterocycles. The molecule has 0 bridgehead atoms. The summed E-state index contributed by atoms with van der Waals surface area (Å²) in [5.41, 5.74) is 1.57. The van der Waals surface area contributed by atoms with Crippen molar-refractivity contribution in [2.75, 3.05) is 26.6 Å². The molecule has 0 saturated carbocycles. The number of halogens is 2. The summed E-state index contributed by atoms with van der Waals surface area (Å²) in [6, 6.07) is 13.3. The predicted molar refractivity (Wildman–Crippen MR) is 141 cm³/mol. The number of fused-ring (bicyclic) bond motifs is 1. The molecule has 39 heavy (non-hydrogen) atoms. The Balaban J connectivity index is 1.60. The molecular formula is C29H26F2N4O4. The normalized spacial score (nSPS) is 14.3. The van der Waals surface area contributed by atoms with Gasteiger partial charge in [0.15, 0.2) is 0 Å². The van der Waals surface area contributed by atoms with Gasteiger partial charge in [0.1, 0.15) is 34.7 Å². The minimum atomic E-state index is -0.757. The Hall–Kier alpha value is -4.73. The van der Waals surface area contributed by atoms with Crippen LogP contribution in [0.3, 0.4) is 0 Å². The molecule has 0 radical (unpaired) electrons. The first-order chi connectivity index (χ1) is 18.8. The maximum Gasteiger partial charge on any atom is 0.258 e. The zero-order valence-corrected chi connectivity index (χ0v) is 21.8. The van der Waals surface area contributed by atoms with Gasteiger partial charge in [-0.1, -0.05) is 6.07 Å². The van der Waals surface area contributed by atoms with Crippen LogP contribution in [0.25, 0.3) is 11.3 Å². The number of nitrogens with zero attached hydrogens (tertiary/aromatic N) is 3. The van der Waals surface area contributed by atoms with Crippen LogP contribution < -0.4 is 19.5 Å². The molecule has 10 heteroatoms. The van der Waals surface area contributed by atoms with Crippen LogP contribution in [0.1, 0.15) is 34.6 Å². The molecule has 1 unspecified atom stereocenters. The van der Waals surface area contributed by atoms with E-state index >= 15 is 0 Å². The molecular weight excluding hydrogens is 506 g/mol. The van der Waals surface area contributed by atoms with Crippen LogP contribution >= 0.6 is 0 Å². The molecule has 8 nitrogen and oxygen atoms in total. The van der Waals surface area contributed by atoms with E-state index in [1.165, 1.54) is 37.6 Å². The maximum atomic E-state index is 14.8. The Morgan fingerprint density at radius 3 is 2.28 bits per heavy atom. The minimum absolute atomic E-state index is 0.0592. The monoisotopic (exact) mass is 532 g/mol. The highest BCUT2D eigenvalue weighted by Gasteiger charge is 2.39. The lowest BCUT2D eigenvalue weighted by atomic mass is 10.0. The average Bonchev–Trinajstić information content (AvgIpc) is 3.18. The van der Waals surface area contributed by atoms with Crippen LogP contribution in [0.5, 0.6) is 17.2 Å². The topological polar surface area (TPSA) is 85.8 Å². The Labute approximate surface area is 224 Å². The van der Waals surface area contributed by atoms with E-state index in [2.05, 4.69) is 15.3 Å². The second kappa shape index (κ2) is 10.6. The summed E-state index contributed by atoms with van der Waals surface area (Å²) in [4.78, 5) is 24.4. The SMILES string of the molecule is COc1ccc(Nc2cc(-c3c(F)cccc3F)nc3c2C(=O)N(Cc2ccc(OC)cc2OC)C3C)nc1. The molecule has 200 valence electrons. The largest absolute Gasteiger partial charge is 0.497 e. The summed E-state index contributed by atoms with van der Waals surface area (Å²) < 4.78 is 45.5. The van der Waals surface area contributed by atoms with Crippen LogP contribution in [-0.4, -0.2) is 42.1 Å². The van der Waals surface area contributed by atoms with Gasteiger partial charge in [-0.05, 0) is 49.4 Å². The molecule has 1 atom stereocenters. The molecule has 1 amide bonds. The Morgan fingerprint density at radius 1 is 0.923 bits per heavy atom. The number of hydrogen-bond donors (Lipinski definition) is 1. The molecule has 0 aliphatic carbocycles. The van der Waals surface area contributed by atoms with Gasteiger partial charge in [-0.25, -0.2) is 18.7 Å². The fourth-order valence-corrected chi connectivity index (χ4v) is 4.62. The molecule has 1 aliphatic heterocycles. The zero-order valence-electron chi connectivity index (χ0n) is 21.8. The van der Waals surface area contributed by atoms with E-state index in [0.29, 0.717) is 40.0 Å². The van der Waals surface area contributed by atoms with Crippen LogP contribution in [0, 0.1) is 11.6 Å². The van der Waals surface area contributed by atoms with Crippen molar-refractivity contribution in [1.82, 2.24) is 14.9 Å². The van der Waals surface area contributed by atoms with Gasteiger partial charge < -0.3 is 24.4 Å². The van der Waals surface area contributed by atoms with Crippen molar-refractivity contribution in [3.8, 4) is 28.5 Å². The quantitative estimate of drug-likeness (QED) is 0.302. The van der Waals surface area contributed by atoms with E-state index in [1.807, 2.05) is 13.0 Å². The highest BCUT2D eigenvalue weighted by molar-refractivity contribution is 6.04. The number of aromatic nitrogens is 2. The standard InChI is InChI=1S/C29H26F2N4O4/c1-16-28-27(29(36)35(16)15-17-8-9-18(37-2)12-24(17)39-4)23(33-25-11-10-19(38-3)14-32-25)13-22(34-28)26-20(30)6-5-7-21(26)31/h5-14,16H,15H2,1-4H3,(H,32,33,34). The Morgan fingerprint density at radius 2 is 1.64 bits per heavy atom. The highest BCUT2D eigenvalue weighted by atomic mass is 19.1. The smallest absolute Gasteiger partial charge is 0.258 e. The van der Waals surface area contributed by atoms with Crippen molar-refractivity contribution in [3.05, 3.63) is 89.2 Å². The number of anilines is 2. The van der Waals surface area contributed by atoms with Crippen LogP contribution in [0.4, 0.5) is 20.3 Å². The predicted octanol–water partition coefficient (Wildman–Crippen LogP) is 5.91. The summed E-state index contributed by atoms with van der Waals surface area (Å²) in [5.74, 6) is 0.350. The average molecular weight is 533 g/mol. The molecule has 1 aliphatic rings.